The van der Waals surface area contributed by atoms with E-state index < -0.39 is 0 Å². The van der Waals surface area contributed by atoms with Gasteiger partial charge in [-0.15, -0.1) is 0 Å². The molecule has 1 aliphatic rings. The molecule has 0 spiro atoms. The normalized spacial score (nSPS) is 14.3. The van der Waals surface area contributed by atoms with Crippen LogP contribution in [0.5, 0.6) is 0 Å². The zero-order valence-corrected chi connectivity index (χ0v) is 13.8. The minimum Gasteiger partial charge on any atom is -0.378 e. The summed E-state index contributed by atoms with van der Waals surface area (Å²) in [6.07, 6.45) is 1.66. The first-order chi connectivity index (χ1) is 11.7. The number of rotatable bonds is 4. The van der Waals surface area contributed by atoms with Crippen molar-refractivity contribution in [1.82, 2.24) is 9.88 Å². The number of carbonyl (C=O) groups is 1. The average molecular weight is 326 g/mol. The van der Waals surface area contributed by atoms with Crippen molar-refractivity contribution >= 4 is 17.5 Å². The van der Waals surface area contributed by atoms with Crippen LogP contribution in [0.1, 0.15) is 11.1 Å². The number of aromatic nitrogens is 1. The van der Waals surface area contributed by atoms with E-state index in [1.54, 1.807) is 11.1 Å². The van der Waals surface area contributed by atoms with Gasteiger partial charge in [0.25, 0.3) is 0 Å². The number of nitrogens with zero attached hydrogens (tertiary/aromatic N) is 2. The van der Waals surface area contributed by atoms with Crippen LogP contribution in [0.4, 0.5) is 16.3 Å². The fourth-order valence-corrected chi connectivity index (χ4v) is 2.44. The Morgan fingerprint density at radius 1 is 1.17 bits per heavy atom. The van der Waals surface area contributed by atoms with Gasteiger partial charge in [-0.05, 0) is 24.6 Å². The summed E-state index contributed by atoms with van der Waals surface area (Å²) in [5.41, 5.74) is 3.14. The third-order valence-corrected chi connectivity index (χ3v) is 3.91. The molecule has 1 aliphatic heterocycles. The van der Waals surface area contributed by atoms with Crippen molar-refractivity contribution in [2.45, 2.75) is 13.5 Å². The van der Waals surface area contributed by atoms with Gasteiger partial charge in [0.2, 0.25) is 0 Å². The highest BCUT2D eigenvalue weighted by Crippen LogP contribution is 2.12. The van der Waals surface area contributed by atoms with Gasteiger partial charge in [0.1, 0.15) is 5.82 Å². The van der Waals surface area contributed by atoms with E-state index in [4.69, 9.17) is 4.74 Å². The number of nitrogens with one attached hydrogen (secondary N) is 2. The maximum atomic E-state index is 12.1. The van der Waals surface area contributed by atoms with Crippen LogP contribution in [-0.4, -0.2) is 42.2 Å². The maximum absolute atomic E-state index is 12.1. The number of amides is 2. The number of carbonyl (C=O) groups excluding carboxylic acids is 1. The van der Waals surface area contributed by atoms with Gasteiger partial charge in [0, 0.05) is 19.6 Å². The Morgan fingerprint density at radius 3 is 2.58 bits per heavy atom. The van der Waals surface area contributed by atoms with Crippen molar-refractivity contribution in [2.75, 3.05) is 36.9 Å². The third kappa shape index (κ3) is 4.45. The molecule has 6 heteroatoms. The van der Waals surface area contributed by atoms with Gasteiger partial charge >= 0.3 is 6.03 Å². The predicted octanol–water partition coefficient (Wildman–Crippen LogP) is 2.87. The highest BCUT2D eigenvalue weighted by molar-refractivity contribution is 5.89. The number of hydrogen-bond donors (Lipinski definition) is 2. The molecule has 1 fully saturated rings. The summed E-state index contributed by atoms with van der Waals surface area (Å²) in [7, 11) is 0. The van der Waals surface area contributed by atoms with Crippen molar-refractivity contribution in [3.63, 3.8) is 0 Å². The summed E-state index contributed by atoms with van der Waals surface area (Å²) in [4.78, 5) is 18.2. The third-order valence-electron chi connectivity index (χ3n) is 3.91. The van der Waals surface area contributed by atoms with Crippen LogP contribution in [0.15, 0.2) is 42.6 Å². The van der Waals surface area contributed by atoms with Crippen LogP contribution in [0.3, 0.4) is 0 Å². The molecule has 0 unspecified atom stereocenters. The number of aryl methyl sites for hydroxylation is 1. The van der Waals surface area contributed by atoms with Gasteiger partial charge in [-0.1, -0.05) is 29.8 Å². The lowest BCUT2D eigenvalue weighted by atomic mass is 10.1. The van der Waals surface area contributed by atoms with E-state index in [1.165, 1.54) is 11.1 Å². The lowest BCUT2D eigenvalue weighted by Gasteiger charge is -2.26. The minimum absolute atomic E-state index is 0.111. The Hall–Kier alpha value is -2.60. The summed E-state index contributed by atoms with van der Waals surface area (Å²) < 4.78 is 5.24. The highest BCUT2D eigenvalue weighted by Gasteiger charge is 2.16. The largest absolute Gasteiger partial charge is 0.378 e. The molecule has 24 heavy (non-hydrogen) atoms. The van der Waals surface area contributed by atoms with Crippen molar-refractivity contribution in [3.05, 3.63) is 53.7 Å². The van der Waals surface area contributed by atoms with E-state index in [2.05, 4.69) is 46.8 Å². The molecule has 1 aromatic carbocycles. The zero-order chi connectivity index (χ0) is 16.8. The second kappa shape index (κ2) is 7.79. The molecule has 2 amide bonds. The Kier molecular flexibility index (Phi) is 5.28. The molecule has 2 N–H and O–H groups in total. The van der Waals surface area contributed by atoms with Crippen LogP contribution in [0.2, 0.25) is 0 Å². The molecule has 2 heterocycles. The van der Waals surface area contributed by atoms with E-state index in [9.17, 15) is 4.79 Å². The fraction of sp³-hybridized carbons (Fsp3) is 0.333. The Balaban J connectivity index is 1.51. The molecule has 2 aromatic rings. The molecule has 1 saturated heterocycles. The van der Waals surface area contributed by atoms with Gasteiger partial charge in [-0.2, -0.15) is 0 Å². The standard InChI is InChI=1S/C18H22N4O2/c1-14-2-4-15(5-3-14)12-19-17-7-6-16(13-20-17)21-18(23)22-8-10-24-11-9-22/h2-7,13H,8-12H2,1H3,(H,19,20)(H,21,23). The number of pyridine rings is 1. The number of hydrogen-bond acceptors (Lipinski definition) is 4. The molecule has 1 aromatic heterocycles. The smallest absolute Gasteiger partial charge is 0.322 e. The fourth-order valence-electron chi connectivity index (χ4n) is 2.44. The van der Waals surface area contributed by atoms with Crippen LogP contribution in [0, 0.1) is 6.92 Å². The van der Waals surface area contributed by atoms with Gasteiger partial charge in [0.05, 0.1) is 25.1 Å². The van der Waals surface area contributed by atoms with Crippen molar-refractivity contribution < 1.29 is 9.53 Å². The summed E-state index contributed by atoms with van der Waals surface area (Å²) in [6.45, 7) is 5.21. The van der Waals surface area contributed by atoms with Crippen LogP contribution < -0.4 is 10.6 Å². The van der Waals surface area contributed by atoms with Gasteiger partial charge in [0.15, 0.2) is 0 Å². The van der Waals surface area contributed by atoms with Gasteiger partial charge < -0.3 is 20.3 Å². The highest BCUT2D eigenvalue weighted by atomic mass is 16.5. The lowest BCUT2D eigenvalue weighted by molar-refractivity contribution is 0.0564. The second-order valence-corrected chi connectivity index (χ2v) is 5.80. The van der Waals surface area contributed by atoms with Gasteiger partial charge in [-0.25, -0.2) is 9.78 Å². The van der Waals surface area contributed by atoms with E-state index in [1.807, 2.05) is 12.1 Å². The Labute approximate surface area is 141 Å². The summed E-state index contributed by atoms with van der Waals surface area (Å²) in [5, 5.41) is 6.13. The SMILES string of the molecule is Cc1ccc(CNc2ccc(NC(=O)N3CCOCC3)cn2)cc1. The van der Waals surface area contributed by atoms with E-state index in [0.29, 0.717) is 38.5 Å². The molecule has 0 atom stereocenters. The zero-order valence-electron chi connectivity index (χ0n) is 13.8. The molecule has 0 radical (unpaired) electrons. The monoisotopic (exact) mass is 326 g/mol. The van der Waals surface area contributed by atoms with Crippen LogP contribution in [-0.2, 0) is 11.3 Å². The Bertz CT molecular complexity index is 664. The first-order valence-corrected chi connectivity index (χ1v) is 8.10. The number of benzene rings is 1. The number of ether oxygens (including phenoxy) is 1. The topological polar surface area (TPSA) is 66.5 Å². The minimum atomic E-state index is -0.111. The average Bonchev–Trinajstić information content (AvgIpc) is 2.63. The molecule has 3 rings (SSSR count). The first kappa shape index (κ1) is 16.3. The van der Waals surface area contributed by atoms with Crippen molar-refractivity contribution in [3.8, 4) is 0 Å². The molecular weight excluding hydrogens is 304 g/mol. The first-order valence-electron chi connectivity index (χ1n) is 8.10. The van der Waals surface area contributed by atoms with Crippen LogP contribution in [0.25, 0.3) is 0 Å². The number of morpholine rings is 1. The molecule has 0 saturated carbocycles. The molecular formula is C18H22N4O2. The molecule has 0 aliphatic carbocycles. The Morgan fingerprint density at radius 2 is 1.92 bits per heavy atom. The lowest BCUT2D eigenvalue weighted by Crippen LogP contribution is -2.43. The van der Waals surface area contributed by atoms with E-state index in [-0.39, 0.29) is 6.03 Å². The summed E-state index contributed by atoms with van der Waals surface area (Å²) in [6, 6.07) is 12.0. The molecule has 0 bridgehead atoms. The van der Waals surface area contributed by atoms with Crippen molar-refractivity contribution in [2.24, 2.45) is 0 Å². The predicted molar refractivity (Wildman–Crippen MR) is 94.2 cm³/mol. The quantitative estimate of drug-likeness (QED) is 0.907. The van der Waals surface area contributed by atoms with Crippen molar-refractivity contribution in [1.29, 1.82) is 0 Å². The second-order valence-electron chi connectivity index (χ2n) is 5.80. The van der Waals surface area contributed by atoms with Gasteiger partial charge in [-0.3, -0.25) is 0 Å². The summed E-state index contributed by atoms with van der Waals surface area (Å²) >= 11 is 0. The number of urea groups is 1. The van der Waals surface area contributed by atoms with Crippen LogP contribution >= 0.6 is 0 Å². The molecule has 6 nitrogen and oxygen atoms in total. The maximum Gasteiger partial charge on any atom is 0.322 e. The van der Waals surface area contributed by atoms with E-state index >= 15 is 0 Å². The summed E-state index contributed by atoms with van der Waals surface area (Å²) in [5.74, 6) is 0.778. The molecule has 126 valence electrons. The van der Waals surface area contributed by atoms with E-state index in [0.717, 1.165) is 5.82 Å². The number of anilines is 2.